The van der Waals surface area contributed by atoms with Crippen LogP contribution in [0.4, 0.5) is 0 Å². The van der Waals surface area contributed by atoms with Crippen LogP contribution >= 0.6 is 11.6 Å². The molecule has 90 valence electrons. The van der Waals surface area contributed by atoms with Gasteiger partial charge in [-0.1, -0.05) is 23.7 Å². The molecule has 2 aliphatic rings. The zero-order chi connectivity index (χ0) is 11.6. The minimum absolute atomic E-state index is 0.133. The SMILES string of the molecule is C1COC1.C1COC1.Oc1ccccc1Cl. The van der Waals surface area contributed by atoms with Gasteiger partial charge >= 0.3 is 0 Å². The van der Waals surface area contributed by atoms with Gasteiger partial charge in [0.1, 0.15) is 5.75 Å². The van der Waals surface area contributed by atoms with E-state index in [0.29, 0.717) is 5.02 Å². The summed E-state index contributed by atoms with van der Waals surface area (Å²) in [7, 11) is 0. The van der Waals surface area contributed by atoms with E-state index in [9.17, 15) is 0 Å². The van der Waals surface area contributed by atoms with E-state index in [1.807, 2.05) is 0 Å². The summed E-state index contributed by atoms with van der Waals surface area (Å²) in [5, 5.41) is 9.18. The molecule has 2 fully saturated rings. The largest absolute Gasteiger partial charge is 0.506 e. The summed E-state index contributed by atoms with van der Waals surface area (Å²) in [5.74, 6) is 0.133. The maximum atomic E-state index is 8.79. The molecule has 1 aromatic rings. The van der Waals surface area contributed by atoms with Gasteiger partial charge in [-0.3, -0.25) is 0 Å². The number of phenols is 1. The molecule has 4 heteroatoms. The van der Waals surface area contributed by atoms with Crippen LogP contribution in [-0.4, -0.2) is 31.5 Å². The van der Waals surface area contributed by atoms with Crippen LogP contribution in [0, 0.1) is 0 Å². The Morgan fingerprint density at radius 1 is 0.938 bits per heavy atom. The van der Waals surface area contributed by atoms with Crippen molar-refractivity contribution in [2.45, 2.75) is 12.8 Å². The van der Waals surface area contributed by atoms with Gasteiger partial charge in [-0.2, -0.15) is 0 Å². The van der Waals surface area contributed by atoms with Crippen LogP contribution in [0.2, 0.25) is 5.02 Å². The van der Waals surface area contributed by atoms with Crippen LogP contribution in [0.1, 0.15) is 12.8 Å². The minimum Gasteiger partial charge on any atom is -0.506 e. The third-order valence-electron chi connectivity index (χ3n) is 2.01. The lowest BCUT2D eigenvalue weighted by Gasteiger charge is -2.09. The highest BCUT2D eigenvalue weighted by molar-refractivity contribution is 6.31. The smallest absolute Gasteiger partial charge is 0.134 e. The van der Waals surface area contributed by atoms with Crippen molar-refractivity contribution in [1.82, 2.24) is 0 Å². The van der Waals surface area contributed by atoms with Crippen molar-refractivity contribution in [3.63, 3.8) is 0 Å². The Morgan fingerprint density at radius 2 is 1.31 bits per heavy atom. The first kappa shape index (κ1) is 13.3. The molecule has 1 aromatic carbocycles. The van der Waals surface area contributed by atoms with Crippen molar-refractivity contribution >= 4 is 11.6 Å². The molecule has 3 nitrogen and oxygen atoms in total. The molecule has 0 aromatic heterocycles. The normalized spacial score (nSPS) is 16.6. The van der Waals surface area contributed by atoms with Gasteiger partial charge in [-0.15, -0.1) is 0 Å². The highest BCUT2D eigenvalue weighted by atomic mass is 35.5. The average molecular weight is 245 g/mol. The van der Waals surface area contributed by atoms with Gasteiger partial charge in [0.25, 0.3) is 0 Å². The lowest BCUT2D eigenvalue weighted by Crippen LogP contribution is -2.09. The fraction of sp³-hybridized carbons (Fsp3) is 0.500. The molecule has 2 saturated heterocycles. The lowest BCUT2D eigenvalue weighted by atomic mass is 10.3. The van der Waals surface area contributed by atoms with E-state index in [4.69, 9.17) is 26.2 Å². The number of hydrogen-bond donors (Lipinski definition) is 1. The van der Waals surface area contributed by atoms with E-state index in [2.05, 4.69) is 0 Å². The summed E-state index contributed by atoms with van der Waals surface area (Å²) in [6, 6.07) is 6.67. The van der Waals surface area contributed by atoms with Gasteiger partial charge in [0.05, 0.1) is 5.02 Å². The van der Waals surface area contributed by atoms with Crippen LogP contribution in [0.25, 0.3) is 0 Å². The standard InChI is InChI=1S/C6H5ClO.2C3H6O/c7-5-3-1-2-4-6(5)8;2*1-2-4-3-1/h1-4,8H;2*1-3H2. The third kappa shape index (κ3) is 5.95. The van der Waals surface area contributed by atoms with Crippen LogP contribution in [0.5, 0.6) is 5.75 Å². The van der Waals surface area contributed by atoms with Gasteiger partial charge in [0, 0.05) is 26.4 Å². The summed E-state index contributed by atoms with van der Waals surface area (Å²) in [5.41, 5.74) is 0. The first-order chi connectivity index (χ1) is 7.80. The first-order valence-electron chi connectivity index (χ1n) is 5.39. The summed E-state index contributed by atoms with van der Waals surface area (Å²) < 4.78 is 9.44. The predicted molar refractivity (Wildman–Crippen MR) is 64.0 cm³/mol. The Labute approximate surface area is 101 Å². The number of phenolic OH excluding ortho intramolecular Hbond substituents is 1. The summed E-state index contributed by atoms with van der Waals surface area (Å²) in [6.45, 7) is 4.00. The molecule has 0 spiro atoms. The Kier molecular flexibility index (Phi) is 6.97. The van der Waals surface area contributed by atoms with E-state index in [1.54, 1.807) is 24.3 Å². The highest BCUT2D eigenvalue weighted by Gasteiger charge is 1.95. The maximum absolute atomic E-state index is 8.79. The predicted octanol–water partition coefficient (Wildman–Crippen LogP) is 2.86. The highest BCUT2D eigenvalue weighted by Crippen LogP contribution is 2.20. The number of rotatable bonds is 0. The number of hydrogen-bond acceptors (Lipinski definition) is 3. The molecule has 0 aliphatic carbocycles. The van der Waals surface area contributed by atoms with Gasteiger partial charge < -0.3 is 14.6 Å². The van der Waals surface area contributed by atoms with E-state index in [1.165, 1.54) is 12.8 Å². The van der Waals surface area contributed by atoms with Gasteiger partial charge in [-0.25, -0.2) is 0 Å². The van der Waals surface area contributed by atoms with Crippen molar-refractivity contribution < 1.29 is 14.6 Å². The van der Waals surface area contributed by atoms with E-state index >= 15 is 0 Å². The minimum atomic E-state index is 0.133. The molecule has 2 aliphatic heterocycles. The van der Waals surface area contributed by atoms with Crippen LogP contribution < -0.4 is 0 Å². The first-order valence-corrected chi connectivity index (χ1v) is 5.77. The molecule has 16 heavy (non-hydrogen) atoms. The molecule has 2 heterocycles. The Bertz CT molecular complexity index is 246. The van der Waals surface area contributed by atoms with E-state index in [-0.39, 0.29) is 5.75 Å². The zero-order valence-corrected chi connectivity index (χ0v) is 9.95. The molecule has 0 atom stereocenters. The molecule has 1 N–H and O–H groups in total. The molecule has 3 rings (SSSR count). The van der Waals surface area contributed by atoms with Gasteiger partial charge in [0.15, 0.2) is 0 Å². The zero-order valence-electron chi connectivity index (χ0n) is 9.19. The topological polar surface area (TPSA) is 38.7 Å². The second-order valence-corrected chi connectivity index (χ2v) is 3.79. The molecule has 0 amide bonds. The molecular formula is C12H17ClO3. The van der Waals surface area contributed by atoms with Crippen molar-refractivity contribution in [1.29, 1.82) is 0 Å². The quantitative estimate of drug-likeness (QED) is 0.763. The average Bonchev–Trinajstić information content (AvgIpc) is 2.04. The monoisotopic (exact) mass is 244 g/mol. The Morgan fingerprint density at radius 3 is 1.50 bits per heavy atom. The fourth-order valence-electron chi connectivity index (χ4n) is 0.740. The number of halogens is 1. The van der Waals surface area contributed by atoms with Gasteiger partial charge in [0.2, 0.25) is 0 Å². The lowest BCUT2D eigenvalue weighted by molar-refractivity contribution is 0.0366. The third-order valence-corrected chi connectivity index (χ3v) is 2.33. The van der Waals surface area contributed by atoms with Crippen molar-refractivity contribution in [2.75, 3.05) is 26.4 Å². The summed E-state index contributed by atoms with van der Waals surface area (Å²) in [4.78, 5) is 0. The van der Waals surface area contributed by atoms with E-state index in [0.717, 1.165) is 26.4 Å². The van der Waals surface area contributed by atoms with Crippen LogP contribution in [-0.2, 0) is 9.47 Å². The van der Waals surface area contributed by atoms with Crippen molar-refractivity contribution in [3.8, 4) is 5.75 Å². The Balaban J connectivity index is 0.000000133. The van der Waals surface area contributed by atoms with Crippen LogP contribution in [0.15, 0.2) is 24.3 Å². The molecule has 0 saturated carbocycles. The molecule has 0 unspecified atom stereocenters. The van der Waals surface area contributed by atoms with Crippen molar-refractivity contribution in [2.24, 2.45) is 0 Å². The molecular weight excluding hydrogens is 228 g/mol. The van der Waals surface area contributed by atoms with E-state index < -0.39 is 0 Å². The Hall–Kier alpha value is -0.770. The second kappa shape index (κ2) is 8.39. The van der Waals surface area contributed by atoms with Gasteiger partial charge in [-0.05, 0) is 25.0 Å². The molecule has 0 bridgehead atoms. The summed E-state index contributed by atoms with van der Waals surface area (Å²) in [6.07, 6.45) is 2.56. The second-order valence-electron chi connectivity index (χ2n) is 3.38. The number of para-hydroxylation sites is 1. The number of benzene rings is 1. The number of ether oxygens (including phenoxy) is 2. The summed E-state index contributed by atoms with van der Waals surface area (Å²) >= 11 is 5.46. The van der Waals surface area contributed by atoms with Crippen LogP contribution in [0.3, 0.4) is 0 Å². The number of aromatic hydroxyl groups is 1. The molecule has 0 radical (unpaired) electrons. The van der Waals surface area contributed by atoms with Crippen molar-refractivity contribution in [3.05, 3.63) is 29.3 Å². The maximum Gasteiger partial charge on any atom is 0.134 e. The fourth-order valence-corrected chi connectivity index (χ4v) is 0.876.